The highest BCUT2D eigenvalue weighted by Crippen LogP contribution is 2.43. The van der Waals surface area contributed by atoms with E-state index < -0.39 is 6.09 Å². The molecule has 1 fully saturated rings. The highest BCUT2D eigenvalue weighted by atomic mass is 16.5. The molecule has 1 atom stereocenters. The van der Waals surface area contributed by atoms with E-state index in [2.05, 4.69) is 14.7 Å². The highest BCUT2D eigenvalue weighted by molar-refractivity contribution is 5.95. The van der Waals surface area contributed by atoms with Gasteiger partial charge in [-0.1, -0.05) is 6.07 Å². The summed E-state index contributed by atoms with van der Waals surface area (Å²) in [5.41, 5.74) is 5.39. The lowest BCUT2D eigenvalue weighted by Gasteiger charge is -2.36. The van der Waals surface area contributed by atoms with Gasteiger partial charge in [0.1, 0.15) is 0 Å². The van der Waals surface area contributed by atoms with E-state index in [1.165, 1.54) is 4.90 Å². The summed E-state index contributed by atoms with van der Waals surface area (Å²) < 4.78 is 9.48. The molecule has 0 aliphatic carbocycles. The summed E-state index contributed by atoms with van der Waals surface area (Å²) in [5, 5.41) is 19.3. The van der Waals surface area contributed by atoms with Crippen molar-refractivity contribution in [2.24, 2.45) is 7.05 Å². The molecule has 1 saturated heterocycles. The number of rotatable bonds is 3. The lowest BCUT2D eigenvalue weighted by atomic mass is 10.0. The molecule has 3 aromatic rings. The van der Waals surface area contributed by atoms with Crippen LogP contribution in [0.1, 0.15) is 30.6 Å². The molecule has 11 nitrogen and oxygen atoms in total. The van der Waals surface area contributed by atoms with Crippen LogP contribution in [0.4, 0.5) is 22.0 Å². The molecule has 2 aromatic heterocycles. The van der Waals surface area contributed by atoms with Crippen molar-refractivity contribution in [2.75, 3.05) is 42.6 Å². The quantitative estimate of drug-likeness (QED) is 0.600. The first-order valence-corrected chi connectivity index (χ1v) is 12.3. The number of hydrogen-bond acceptors (Lipinski definition) is 6. The molecule has 1 N–H and O–H groups in total. The Hall–Kier alpha value is -3.86. The van der Waals surface area contributed by atoms with Gasteiger partial charge in [0.05, 0.1) is 36.8 Å². The zero-order valence-electron chi connectivity index (χ0n) is 20.4. The molecule has 0 spiro atoms. The van der Waals surface area contributed by atoms with Gasteiger partial charge in [-0.15, -0.1) is 0 Å². The summed E-state index contributed by atoms with van der Waals surface area (Å²) in [7, 11) is 1.85. The molecule has 3 aliphatic rings. The van der Waals surface area contributed by atoms with Gasteiger partial charge in [-0.3, -0.25) is 19.1 Å². The lowest BCUT2D eigenvalue weighted by Crippen LogP contribution is -2.42. The van der Waals surface area contributed by atoms with Gasteiger partial charge >= 0.3 is 6.09 Å². The molecule has 1 aromatic carbocycles. The van der Waals surface area contributed by atoms with Crippen LogP contribution in [0.25, 0.3) is 11.1 Å². The van der Waals surface area contributed by atoms with E-state index in [1.807, 2.05) is 36.3 Å². The first kappa shape index (κ1) is 22.6. The number of hydrogen-bond donors (Lipinski definition) is 1. The van der Waals surface area contributed by atoms with E-state index in [4.69, 9.17) is 9.84 Å². The third kappa shape index (κ3) is 3.70. The van der Waals surface area contributed by atoms with Crippen LogP contribution in [0.5, 0.6) is 0 Å². The third-order valence-electron chi connectivity index (χ3n) is 7.39. The topological polar surface area (TPSA) is 109 Å². The summed E-state index contributed by atoms with van der Waals surface area (Å²) in [6, 6.07) is 6.03. The Morgan fingerprint density at radius 3 is 2.69 bits per heavy atom. The smallest absolute Gasteiger partial charge is 0.411 e. The maximum Gasteiger partial charge on any atom is 0.411 e. The number of nitrogens with zero attached hydrogens (tertiary/aromatic N) is 7. The van der Waals surface area contributed by atoms with Crippen molar-refractivity contribution in [3.05, 3.63) is 41.9 Å². The molecule has 188 valence electrons. The first-order valence-electron chi connectivity index (χ1n) is 12.3. The zero-order chi connectivity index (χ0) is 25.0. The van der Waals surface area contributed by atoms with Gasteiger partial charge in [0.2, 0.25) is 5.91 Å². The number of carbonyl (C=O) groups excluding carboxylic acids is 1. The molecule has 2 amide bonds. The van der Waals surface area contributed by atoms with Crippen molar-refractivity contribution in [2.45, 2.75) is 32.4 Å². The number of benzene rings is 1. The lowest BCUT2D eigenvalue weighted by molar-refractivity contribution is -0.129. The average molecular weight is 492 g/mol. The highest BCUT2D eigenvalue weighted by Gasteiger charge is 2.35. The first-order chi connectivity index (χ1) is 17.4. The van der Waals surface area contributed by atoms with Crippen LogP contribution >= 0.6 is 0 Å². The molecule has 36 heavy (non-hydrogen) atoms. The fourth-order valence-corrected chi connectivity index (χ4v) is 5.51. The monoisotopic (exact) mass is 491 g/mol. The van der Waals surface area contributed by atoms with Crippen LogP contribution in [0, 0.1) is 0 Å². The van der Waals surface area contributed by atoms with Crippen molar-refractivity contribution in [1.82, 2.24) is 24.5 Å². The Morgan fingerprint density at radius 2 is 2.00 bits per heavy atom. The minimum atomic E-state index is -0.988. The molecular weight excluding hydrogens is 462 g/mol. The molecule has 0 saturated carbocycles. The molecule has 0 unspecified atom stereocenters. The maximum atomic E-state index is 12.2. The number of amides is 2. The van der Waals surface area contributed by atoms with E-state index in [9.17, 15) is 14.7 Å². The zero-order valence-corrected chi connectivity index (χ0v) is 20.4. The largest absolute Gasteiger partial charge is 0.465 e. The number of carbonyl (C=O) groups is 2. The van der Waals surface area contributed by atoms with Crippen molar-refractivity contribution in [1.29, 1.82) is 0 Å². The van der Waals surface area contributed by atoms with Gasteiger partial charge in [0.25, 0.3) is 0 Å². The number of ether oxygens (including phenoxy) is 1. The van der Waals surface area contributed by atoms with Crippen LogP contribution in [-0.2, 0) is 29.5 Å². The Bertz CT molecular complexity index is 1340. The summed E-state index contributed by atoms with van der Waals surface area (Å²) in [5.74, 6) is 0.837. The van der Waals surface area contributed by atoms with E-state index in [-0.39, 0.29) is 11.9 Å². The van der Waals surface area contributed by atoms with Crippen molar-refractivity contribution in [3.63, 3.8) is 0 Å². The molecule has 5 heterocycles. The Morgan fingerprint density at radius 1 is 1.14 bits per heavy atom. The Kier molecular flexibility index (Phi) is 5.44. The number of aryl methyl sites for hydroxylation is 1. The standard InChI is InChI=1S/C25H29N7O4/c1-16(33)29-7-5-21-20(14-29)24(27-32(21)19-6-10-36-15-19)30-8-9-31(25(34)35)23-11-17(3-4-22(23)30)18-12-26-28(2)13-18/h3-4,11-13,19H,5-10,14-15H2,1-2H3,(H,34,35)/t19-/m0/s1. The minimum Gasteiger partial charge on any atom is -0.465 e. The predicted octanol–water partition coefficient (Wildman–Crippen LogP) is 2.79. The number of aromatic nitrogens is 4. The minimum absolute atomic E-state index is 0.0424. The number of carboxylic acid groups (broad SMARTS) is 1. The van der Waals surface area contributed by atoms with Crippen molar-refractivity contribution in [3.8, 4) is 11.1 Å². The Balaban J connectivity index is 1.46. The van der Waals surface area contributed by atoms with E-state index in [0.29, 0.717) is 45.1 Å². The second-order valence-electron chi connectivity index (χ2n) is 9.59. The molecule has 0 radical (unpaired) electrons. The van der Waals surface area contributed by atoms with E-state index >= 15 is 0 Å². The molecule has 3 aliphatic heterocycles. The van der Waals surface area contributed by atoms with Crippen LogP contribution in [0.15, 0.2) is 30.6 Å². The Labute approximate surface area is 208 Å². The van der Waals surface area contributed by atoms with Gasteiger partial charge < -0.3 is 19.6 Å². The third-order valence-corrected chi connectivity index (χ3v) is 7.39. The summed E-state index contributed by atoms with van der Waals surface area (Å²) in [4.78, 5) is 29.7. The maximum absolute atomic E-state index is 12.2. The second kappa shape index (κ2) is 8.66. The fraction of sp³-hybridized carbons (Fsp3) is 0.440. The number of anilines is 3. The number of fused-ring (bicyclic) bond motifs is 2. The predicted molar refractivity (Wildman–Crippen MR) is 133 cm³/mol. The van der Waals surface area contributed by atoms with Crippen LogP contribution < -0.4 is 9.80 Å². The van der Waals surface area contributed by atoms with Gasteiger partial charge in [-0.2, -0.15) is 10.2 Å². The summed E-state index contributed by atoms with van der Waals surface area (Å²) in [6.07, 6.45) is 4.33. The normalized spacial score (nSPS) is 19.4. The van der Waals surface area contributed by atoms with Crippen molar-refractivity contribution < 1.29 is 19.4 Å². The van der Waals surface area contributed by atoms with Crippen LogP contribution in [0.2, 0.25) is 0 Å². The van der Waals surface area contributed by atoms with Gasteiger partial charge in [0.15, 0.2) is 5.82 Å². The fourth-order valence-electron chi connectivity index (χ4n) is 5.51. The van der Waals surface area contributed by atoms with E-state index in [1.54, 1.807) is 17.8 Å². The van der Waals surface area contributed by atoms with Crippen molar-refractivity contribution >= 4 is 29.2 Å². The molecule has 11 heteroatoms. The van der Waals surface area contributed by atoms with Gasteiger partial charge in [-0.05, 0) is 24.1 Å². The molecule has 0 bridgehead atoms. The van der Waals surface area contributed by atoms with Crippen LogP contribution in [-0.4, -0.2) is 74.4 Å². The van der Waals surface area contributed by atoms with E-state index in [0.717, 1.165) is 46.7 Å². The summed E-state index contributed by atoms with van der Waals surface area (Å²) >= 11 is 0. The SMILES string of the molecule is CC(=O)N1CCc2c(c(N3CCN(C(=O)O)c4cc(-c5cnn(C)c5)ccc43)nn2[C@H]2CCOC2)C1. The van der Waals surface area contributed by atoms with Gasteiger partial charge in [-0.25, -0.2) is 4.79 Å². The molecular formula is C25H29N7O4. The average Bonchev–Trinajstić information content (AvgIpc) is 3.62. The van der Waals surface area contributed by atoms with Crippen LogP contribution in [0.3, 0.4) is 0 Å². The van der Waals surface area contributed by atoms with Gasteiger partial charge in [0, 0.05) is 69.7 Å². The molecule has 6 rings (SSSR count). The summed E-state index contributed by atoms with van der Waals surface area (Å²) in [6.45, 7) is 4.88. The second-order valence-corrected chi connectivity index (χ2v) is 9.59.